The summed E-state index contributed by atoms with van der Waals surface area (Å²) >= 11 is 0. The molecule has 1 aliphatic rings. The van der Waals surface area contributed by atoms with Crippen LogP contribution in [0.15, 0.2) is 0 Å². The van der Waals surface area contributed by atoms with Crippen LogP contribution in [0.2, 0.25) is 0 Å². The van der Waals surface area contributed by atoms with Crippen molar-refractivity contribution in [2.45, 2.75) is 31.6 Å². The van der Waals surface area contributed by atoms with Gasteiger partial charge in [0.2, 0.25) is 0 Å². The summed E-state index contributed by atoms with van der Waals surface area (Å²) in [6.45, 7) is 8.98. The van der Waals surface area contributed by atoms with Crippen LogP contribution in [0.5, 0.6) is 0 Å². The van der Waals surface area contributed by atoms with Gasteiger partial charge in [-0.15, -0.1) is 0 Å². The minimum Gasteiger partial charge on any atom is -0.374 e. The van der Waals surface area contributed by atoms with Gasteiger partial charge in [-0.1, -0.05) is 0 Å². The Morgan fingerprint density at radius 1 is 1.39 bits per heavy atom. The van der Waals surface area contributed by atoms with E-state index in [2.05, 4.69) is 10.2 Å². The van der Waals surface area contributed by atoms with Crippen molar-refractivity contribution in [1.82, 2.24) is 10.2 Å². The summed E-state index contributed by atoms with van der Waals surface area (Å²) in [7, 11) is -1.13. The topological polar surface area (TPSA) is 58.6 Å². The molecule has 0 spiro atoms. The van der Waals surface area contributed by atoms with Crippen molar-refractivity contribution in [2.24, 2.45) is 0 Å². The molecule has 0 radical (unpaired) electrons. The summed E-state index contributed by atoms with van der Waals surface area (Å²) in [5.74, 6) is 0.225. The maximum Gasteiger partial charge on any atom is 0.156 e. The zero-order chi connectivity index (χ0) is 13.8. The fourth-order valence-electron chi connectivity index (χ4n) is 1.89. The predicted molar refractivity (Wildman–Crippen MR) is 73.6 cm³/mol. The van der Waals surface area contributed by atoms with Gasteiger partial charge in [0, 0.05) is 26.2 Å². The summed E-state index contributed by atoms with van der Waals surface area (Å²) in [5, 5.41) is 3.08. The number of morpholine rings is 1. The molecule has 5 nitrogen and oxygen atoms in total. The van der Waals surface area contributed by atoms with E-state index in [0.29, 0.717) is 13.2 Å². The van der Waals surface area contributed by atoms with Crippen LogP contribution in [-0.2, 0) is 14.6 Å². The number of nitrogens with one attached hydrogen (secondary N) is 1. The summed E-state index contributed by atoms with van der Waals surface area (Å²) < 4.78 is 29.0. The van der Waals surface area contributed by atoms with E-state index in [4.69, 9.17) is 4.74 Å². The molecule has 0 aliphatic carbocycles. The van der Waals surface area contributed by atoms with Crippen molar-refractivity contribution < 1.29 is 13.2 Å². The monoisotopic (exact) mass is 278 g/mol. The number of sulfone groups is 1. The first kappa shape index (κ1) is 15.9. The van der Waals surface area contributed by atoms with Crippen molar-refractivity contribution in [3.05, 3.63) is 0 Å². The van der Waals surface area contributed by atoms with E-state index >= 15 is 0 Å². The molecule has 1 heterocycles. The van der Waals surface area contributed by atoms with Gasteiger partial charge >= 0.3 is 0 Å². The number of hydrogen-bond donors (Lipinski definition) is 1. The Bertz CT molecular complexity index is 347. The quantitative estimate of drug-likeness (QED) is 0.774. The van der Waals surface area contributed by atoms with Gasteiger partial charge in [-0.2, -0.15) is 0 Å². The third-order valence-electron chi connectivity index (χ3n) is 3.26. The van der Waals surface area contributed by atoms with E-state index in [1.807, 2.05) is 7.05 Å². The number of hydrogen-bond acceptors (Lipinski definition) is 5. The standard InChI is InChI=1S/C12H26N2O3S/c1-12(2,3)18(15,16)8-6-14-5-7-17-11(10-14)9-13-4/h11,13H,5-10H2,1-4H3. The lowest BCUT2D eigenvalue weighted by atomic mass is 10.2. The SMILES string of the molecule is CNCC1CN(CCS(=O)(=O)C(C)(C)C)CCO1. The molecule has 1 saturated heterocycles. The first-order valence-electron chi connectivity index (χ1n) is 6.47. The average molecular weight is 278 g/mol. The molecular formula is C12H26N2O3S. The highest BCUT2D eigenvalue weighted by atomic mass is 32.2. The Morgan fingerprint density at radius 2 is 2.06 bits per heavy atom. The lowest BCUT2D eigenvalue weighted by Gasteiger charge is -2.33. The molecule has 1 rings (SSSR count). The molecule has 1 N–H and O–H groups in total. The second-order valence-electron chi connectivity index (χ2n) is 5.78. The molecule has 0 saturated carbocycles. The van der Waals surface area contributed by atoms with Gasteiger partial charge in [-0.3, -0.25) is 4.90 Å². The fraction of sp³-hybridized carbons (Fsp3) is 1.00. The van der Waals surface area contributed by atoms with Gasteiger partial charge in [0.1, 0.15) is 0 Å². The van der Waals surface area contributed by atoms with Crippen LogP contribution in [0.4, 0.5) is 0 Å². The Hall–Kier alpha value is -0.170. The summed E-state index contributed by atoms with van der Waals surface area (Å²) in [5.41, 5.74) is 0. The largest absolute Gasteiger partial charge is 0.374 e. The Labute approximate surface area is 111 Å². The first-order chi connectivity index (χ1) is 8.26. The van der Waals surface area contributed by atoms with Gasteiger partial charge in [-0.05, 0) is 27.8 Å². The molecule has 1 unspecified atom stereocenters. The zero-order valence-electron chi connectivity index (χ0n) is 11.9. The van der Waals surface area contributed by atoms with Crippen LogP contribution in [0.1, 0.15) is 20.8 Å². The third kappa shape index (κ3) is 4.50. The van der Waals surface area contributed by atoms with Crippen LogP contribution in [-0.4, -0.2) is 69.8 Å². The molecule has 0 aromatic heterocycles. The van der Waals surface area contributed by atoms with Crippen molar-refractivity contribution in [1.29, 1.82) is 0 Å². The normalized spacial score (nSPS) is 23.2. The molecule has 18 heavy (non-hydrogen) atoms. The second-order valence-corrected chi connectivity index (χ2v) is 8.64. The van der Waals surface area contributed by atoms with Crippen LogP contribution < -0.4 is 5.32 Å². The van der Waals surface area contributed by atoms with Crippen LogP contribution in [0.3, 0.4) is 0 Å². The highest BCUT2D eigenvalue weighted by Gasteiger charge is 2.30. The van der Waals surface area contributed by atoms with Crippen molar-refractivity contribution in [3.8, 4) is 0 Å². The highest BCUT2D eigenvalue weighted by molar-refractivity contribution is 7.92. The molecule has 1 atom stereocenters. The van der Waals surface area contributed by atoms with Gasteiger partial charge in [0.25, 0.3) is 0 Å². The van der Waals surface area contributed by atoms with E-state index in [-0.39, 0.29) is 11.9 Å². The lowest BCUT2D eigenvalue weighted by Crippen LogP contribution is -2.48. The molecular weight excluding hydrogens is 252 g/mol. The maximum atomic E-state index is 12.0. The van der Waals surface area contributed by atoms with Crippen molar-refractivity contribution in [3.63, 3.8) is 0 Å². The third-order valence-corrected chi connectivity index (χ3v) is 5.85. The van der Waals surface area contributed by atoms with Crippen molar-refractivity contribution >= 4 is 9.84 Å². The smallest absolute Gasteiger partial charge is 0.156 e. The Kier molecular flexibility index (Phi) is 5.58. The van der Waals surface area contributed by atoms with Crippen molar-refractivity contribution in [2.75, 3.05) is 45.6 Å². The Morgan fingerprint density at radius 3 is 2.61 bits per heavy atom. The van der Waals surface area contributed by atoms with Gasteiger partial charge in [-0.25, -0.2) is 8.42 Å². The van der Waals surface area contributed by atoms with Gasteiger partial charge in [0.05, 0.1) is 23.2 Å². The minimum absolute atomic E-state index is 0.168. The van der Waals surface area contributed by atoms with E-state index in [1.165, 1.54) is 0 Å². The molecule has 0 bridgehead atoms. The van der Waals surface area contributed by atoms with E-state index in [1.54, 1.807) is 20.8 Å². The molecule has 0 aromatic carbocycles. The molecule has 0 amide bonds. The van der Waals surface area contributed by atoms with E-state index < -0.39 is 14.6 Å². The van der Waals surface area contributed by atoms with E-state index in [9.17, 15) is 8.42 Å². The number of nitrogens with zero attached hydrogens (tertiary/aromatic N) is 1. The number of rotatable bonds is 5. The molecule has 1 aliphatic heterocycles. The summed E-state index contributed by atoms with van der Waals surface area (Å²) in [4.78, 5) is 2.18. The zero-order valence-corrected chi connectivity index (χ0v) is 12.7. The lowest BCUT2D eigenvalue weighted by molar-refractivity contribution is -0.0241. The van der Waals surface area contributed by atoms with Gasteiger partial charge < -0.3 is 10.1 Å². The fourth-order valence-corrected chi connectivity index (χ4v) is 3.00. The number of likely N-dealkylation sites (N-methyl/N-ethyl adjacent to an activating group) is 1. The first-order valence-corrected chi connectivity index (χ1v) is 8.12. The van der Waals surface area contributed by atoms with Gasteiger partial charge in [0.15, 0.2) is 9.84 Å². The molecule has 108 valence electrons. The maximum absolute atomic E-state index is 12.0. The molecule has 6 heteroatoms. The molecule has 0 aromatic rings. The van der Waals surface area contributed by atoms with E-state index in [0.717, 1.165) is 19.6 Å². The number of ether oxygens (including phenoxy) is 1. The van der Waals surface area contributed by atoms with Crippen LogP contribution >= 0.6 is 0 Å². The summed E-state index contributed by atoms with van der Waals surface area (Å²) in [6, 6.07) is 0. The highest BCUT2D eigenvalue weighted by Crippen LogP contribution is 2.16. The average Bonchev–Trinajstić information content (AvgIpc) is 2.26. The Balaban J connectivity index is 2.44. The predicted octanol–water partition coefficient (Wildman–Crippen LogP) is 0.120. The van der Waals surface area contributed by atoms with Crippen LogP contribution in [0, 0.1) is 0 Å². The second kappa shape index (κ2) is 6.32. The minimum atomic E-state index is -3.02. The summed E-state index contributed by atoms with van der Waals surface area (Å²) in [6.07, 6.45) is 0.168. The van der Waals surface area contributed by atoms with Crippen LogP contribution in [0.25, 0.3) is 0 Å². The molecule has 1 fully saturated rings.